The molecule has 0 spiro atoms. The van der Waals surface area contributed by atoms with Gasteiger partial charge in [-0.2, -0.15) is 5.10 Å². The van der Waals surface area contributed by atoms with Gasteiger partial charge < -0.3 is 5.32 Å². The summed E-state index contributed by atoms with van der Waals surface area (Å²) in [5.41, 5.74) is 1.95. The molecule has 1 heterocycles. The van der Waals surface area contributed by atoms with E-state index in [1.54, 1.807) is 10.7 Å². The molecule has 108 valence electrons. The monoisotopic (exact) mass is 275 g/mol. The molecule has 0 amide bonds. The predicted octanol–water partition coefficient (Wildman–Crippen LogP) is 2.71. The Morgan fingerprint density at radius 3 is 2.75 bits per heavy atom. The van der Waals surface area contributed by atoms with Gasteiger partial charge in [-0.15, -0.1) is 0 Å². The molecule has 2 rings (SSSR count). The molecule has 1 atom stereocenters. The van der Waals surface area contributed by atoms with Crippen LogP contribution in [0.3, 0.4) is 0 Å². The van der Waals surface area contributed by atoms with Gasteiger partial charge in [-0.05, 0) is 43.0 Å². The van der Waals surface area contributed by atoms with Crippen LogP contribution in [0.1, 0.15) is 24.5 Å². The first-order valence-corrected chi connectivity index (χ1v) is 7.13. The number of benzene rings is 1. The Hall–Kier alpha value is -1.68. The van der Waals surface area contributed by atoms with Gasteiger partial charge in [0.2, 0.25) is 0 Å². The number of rotatable bonds is 7. The minimum absolute atomic E-state index is 0.123. The molecule has 0 radical (unpaired) electrons. The average molecular weight is 275 g/mol. The van der Waals surface area contributed by atoms with Crippen LogP contribution in [0.25, 0.3) is 0 Å². The average Bonchev–Trinajstić information content (AvgIpc) is 2.84. The molecule has 1 unspecified atom stereocenters. The van der Waals surface area contributed by atoms with Gasteiger partial charge in [-0.1, -0.05) is 25.1 Å². The zero-order valence-electron chi connectivity index (χ0n) is 12.1. The molecular formula is C16H22FN3. The van der Waals surface area contributed by atoms with E-state index in [0.717, 1.165) is 24.9 Å². The molecule has 0 fully saturated rings. The minimum Gasteiger partial charge on any atom is -0.313 e. The van der Waals surface area contributed by atoms with Crippen LogP contribution in [-0.4, -0.2) is 22.4 Å². The van der Waals surface area contributed by atoms with Gasteiger partial charge in [0.25, 0.3) is 0 Å². The summed E-state index contributed by atoms with van der Waals surface area (Å²) < 4.78 is 15.6. The van der Waals surface area contributed by atoms with Crippen molar-refractivity contribution >= 4 is 0 Å². The Bertz CT molecular complexity index is 536. The van der Waals surface area contributed by atoms with Crippen LogP contribution in [0.2, 0.25) is 0 Å². The summed E-state index contributed by atoms with van der Waals surface area (Å²) in [7, 11) is 1.91. The summed E-state index contributed by atoms with van der Waals surface area (Å²) in [5.74, 6) is -0.123. The highest BCUT2D eigenvalue weighted by Crippen LogP contribution is 2.12. The highest BCUT2D eigenvalue weighted by Gasteiger charge is 2.13. The number of halogens is 1. The maximum atomic E-state index is 13.8. The molecule has 0 saturated heterocycles. The van der Waals surface area contributed by atoms with Crippen molar-refractivity contribution in [1.82, 2.24) is 15.1 Å². The molecule has 0 aliphatic heterocycles. The molecule has 2 aromatic rings. The molecule has 4 heteroatoms. The fraction of sp³-hybridized carbons (Fsp3) is 0.438. The highest BCUT2D eigenvalue weighted by molar-refractivity contribution is 5.19. The van der Waals surface area contributed by atoms with Crippen molar-refractivity contribution in [2.45, 2.75) is 32.2 Å². The molecule has 0 aliphatic rings. The summed E-state index contributed by atoms with van der Waals surface area (Å²) >= 11 is 0. The largest absolute Gasteiger partial charge is 0.313 e. The lowest BCUT2D eigenvalue weighted by Gasteiger charge is -2.18. The lowest BCUT2D eigenvalue weighted by molar-refractivity contribution is 0.492. The van der Waals surface area contributed by atoms with E-state index in [4.69, 9.17) is 0 Å². The number of aromatic nitrogens is 2. The normalized spacial score (nSPS) is 12.6. The number of nitrogens with one attached hydrogen (secondary N) is 1. The molecule has 1 N–H and O–H groups in total. The topological polar surface area (TPSA) is 29.9 Å². The van der Waals surface area contributed by atoms with E-state index >= 15 is 0 Å². The number of hydrogen-bond donors (Lipinski definition) is 1. The van der Waals surface area contributed by atoms with Gasteiger partial charge in [0.15, 0.2) is 0 Å². The molecule has 1 aromatic carbocycles. The van der Waals surface area contributed by atoms with Crippen LogP contribution in [-0.2, 0) is 19.9 Å². The van der Waals surface area contributed by atoms with Crippen LogP contribution in [0, 0.1) is 5.82 Å². The smallest absolute Gasteiger partial charge is 0.126 e. The first-order valence-electron chi connectivity index (χ1n) is 7.13. The van der Waals surface area contributed by atoms with E-state index in [2.05, 4.69) is 17.3 Å². The molecule has 0 saturated carbocycles. The first-order chi connectivity index (χ1) is 9.69. The van der Waals surface area contributed by atoms with Gasteiger partial charge in [0.05, 0.1) is 6.20 Å². The van der Waals surface area contributed by atoms with Crippen LogP contribution < -0.4 is 5.32 Å². The van der Waals surface area contributed by atoms with E-state index in [9.17, 15) is 4.39 Å². The van der Waals surface area contributed by atoms with E-state index < -0.39 is 0 Å². The van der Waals surface area contributed by atoms with Crippen molar-refractivity contribution in [3.63, 3.8) is 0 Å². The van der Waals surface area contributed by atoms with E-state index in [-0.39, 0.29) is 11.9 Å². The molecule has 20 heavy (non-hydrogen) atoms. The summed E-state index contributed by atoms with van der Waals surface area (Å²) in [5, 5.41) is 7.69. The van der Waals surface area contributed by atoms with Gasteiger partial charge in [-0.25, -0.2) is 4.39 Å². The molecule has 3 nitrogen and oxygen atoms in total. The van der Waals surface area contributed by atoms with Crippen molar-refractivity contribution in [1.29, 1.82) is 0 Å². The van der Waals surface area contributed by atoms with Crippen LogP contribution in [0.5, 0.6) is 0 Å². The zero-order chi connectivity index (χ0) is 14.4. The first kappa shape index (κ1) is 14.7. The van der Waals surface area contributed by atoms with Crippen molar-refractivity contribution in [2.24, 2.45) is 7.05 Å². The van der Waals surface area contributed by atoms with Gasteiger partial charge in [0, 0.05) is 19.3 Å². The van der Waals surface area contributed by atoms with Crippen molar-refractivity contribution in [2.75, 3.05) is 6.54 Å². The van der Waals surface area contributed by atoms with Crippen molar-refractivity contribution in [3.8, 4) is 0 Å². The Kier molecular flexibility index (Phi) is 5.30. The lowest BCUT2D eigenvalue weighted by Crippen LogP contribution is -2.34. The second-order valence-corrected chi connectivity index (χ2v) is 5.17. The third-order valence-electron chi connectivity index (χ3n) is 3.35. The third-order valence-corrected chi connectivity index (χ3v) is 3.35. The lowest BCUT2D eigenvalue weighted by atomic mass is 10.00. The Morgan fingerprint density at radius 1 is 1.30 bits per heavy atom. The fourth-order valence-corrected chi connectivity index (χ4v) is 2.36. The predicted molar refractivity (Wildman–Crippen MR) is 79.1 cm³/mol. The zero-order valence-corrected chi connectivity index (χ0v) is 12.1. The molecule has 1 aromatic heterocycles. The van der Waals surface area contributed by atoms with Gasteiger partial charge >= 0.3 is 0 Å². The van der Waals surface area contributed by atoms with E-state index in [0.29, 0.717) is 6.42 Å². The summed E-state index contributed by atoms with van der Waals surface area (Å²) in [6.07, 6.45) is 6.52. The number of nitrogens with zero attached hydrogens (tertiary/aromatic N) is 2. The maximum absolute atomic E-state index is 13.8. The minimum atomic E-state index is -0.123. The Morgan fingerprint density at radius 2 is 2.10 bits per heavy atom. The molecule has 0 aliphatic carbocycles. The second-order valence-electron chi connectivity index (χ2n) is 5.17. The highest BCUT2D eigenvalue weighted by atomic mass is 19.1. The van der Waals surface area contributed by atoms with Crippen LogP contribution in [0.4, 0.5) is 4.39 Å². The third kappa shape index (κ3) is 4.17. The number of aryl methyl sites for hydroxylation is 1. The summed E-state index contributed by atoms with van der Waals surface area (Å²) in [6.45, 7) is 3.08. The summed E-state index contributed by atoms with van der Waals surface area (Å²) in [4.78, 5) is 0. The SMILES string of the molecule is CCCNC(Cc1cnn(C)c1)Cc1ccccc1F. The Balaban J connectivity index is 2.05. The second kappa shape index (κ2) is 7.20. The molecular weight excluding hydrogens is 253 g/mol. The number of hydrogen-bond acceptors (Lipinski definition) is 2. The quantitative estimate of drug-likeness (QED) is 0.842. The van der Waals surface area contributed by atoms with E-state index in [1.807, 2.05) is 31.6 Å². The van der Waals surface area contributed by atoms with Gasteiger partial charge in [-0.3, -0.25) is 4.68 Å². The van der Waals surface area contributed by atoms with Crippen molar-refractivity contribution in [3.05, 3.63) is 53.6 Å². The summed E-state index contributed by atoms with van der Waals surface area (Å²) in [6, 6.07) is 7.24. The van der Waals surface area contributed by atoms with Crippen molar-refractivity contribution < 1.29 is 4.39 Å². The molecule has 0 bridgehead atoms. The van der Waals surface area contributed by atoms with Crippen LogP contribution >= 0.6 is 0 Å². The fourth-order valence-electron chi connectivity index (χ4n) is 2.36. The van der Waals surface area contributed by atoms with Crippen LogP contribution in [0.15, 0.2) is 36.7 Å². The standard InChI is InChI=1S/C16H22FN3/c1-3-8-18-15(9-13-11-19-20(2)12-13)10-14-6-4-5-7-16(14)17/h4-7,11-12,15,18H,3,8-10H2,1-2H3. The maximum Gasteiger partial charge on any atom is 0.126 e. The van der Waals surface area contributed by atoms with Gasteiger partial charge in [0.1, 0.15) is 5.82 Å². The Labute approximate surface area is 119 Å². The van der Waals surface area contributed by atoms with E-state index in [1.165, 1.54) is 11.6 Å².